The number of carbonyl (C=O) groups excluding carboxylic acids is 1. The molecule has 0 radical (unpaired) electrons. The van der Waals surface area contributed by atoms with Crippen molar-refractivity contribution in [2.45, 2.75) is 12.3 Å². The molecular weight excluding hydrogens is 362 g/mol. The van der Waals surface area contributed by atoms with Crippen molar-refractivity contribution < 1.29 is 19.0 Å². The summed E-state index contributed by atoms with van der Waals surface area (Å²) in [7, 11) is 4.70. The summed E-state index contributed by atoms with van der Waals surface area (Å²) in [5, 5.41) is 16.9. The first kappa shape index (κ1) is 19.2. The quantitative estimate of drug-likeness (QED) is 0.613. The summed E-state index contributed by atoms with van der Waals surface area (Å²) in [6.45, 7) is 0. The number of tetrazole rings is 1. The number of para-hydroxylation sites is 2. The standard InChI is InChI=1S/C19H21N5O4/c1-26-13-8-9-16(27-2)12(10-13)11-14(18-21-23-24-22-18)19(25)20-15-6-4-5-7-17(15)28-3/h4-10,14H,11H2,1-3H3,(H,20,25)(H,21,22,23,24). The van der Waals surface area contributed by atoms with Crippen molar-refractivity contribution in [3.63, 3.8) is 0 Å². The fourth-order valence-corrected chi connectivity index (χ4v) is 2.85. The first-order valence-corrected chi connectivity index (χ1v) is 8.54. The van der Waals surface area contributed by atoms with Crippen LogP contribution in [0.5, 0.6) is 17.2 Å². The maximum absolute atomic E-state index is 13.1. The van der Waals surface area contributed by atoms with Gasteiger partial charge in [0.25, 0.3) is 0 Å². The minimum Gasteiger partial charge on any atom is -0.497 e. The number of nitrogens with zero attached hydrogens (tertiary/aromatic N) is 3. The second-order valence-corrected chi connectivity index (χ2v) is 5.89. The van der Waals surface area contributed by atoms with Crippen LogP contribution in [0.25, 0.3) is 0 Å². The summed E-state index contributed by atoms with van der Waals surface area (Å²) >= 11 is 0. The Bertz CT molecular complexity index is 930. The van der Waals surface area contributed by atoms with Crippen LogP contribution < -0.4 is 19.5 Å². The van der Waals surface area contributed by atoms with Crippen molar-refractivity contribution in [1.82, 2.24) is 20.6 Å². The molecule has 9 nitrogen and oxygen atoms in total. The Kier molecular flexibility index (Phi) is 6.05. The molecule has 0 spiro atoms. The third kappa shape index (κ3) is 4.20. The summed E-state index contributed by atoms with van der Waals surface area (Å²) in [6.07, 6.45) is 0.293. The van der Waals surface area contributed by atoms with Gasteiger partial charge in [-0.3, -0.25) is 4.79 Å². The monoisotopic (exact) mass is 383 g/mol. The van der Waals surface area contributed by atoms with E-state index < -0.39 is 5.92 Å². The Morgan fingerprint density at radius 3 is 2.54 bits per heavy atom. The predicted molar refractivity (Wildman–Crippen MR) is 102 cm³/mol. The number of carbonyl (C=O) groups is 1. The number of ether oxygens (including phenoxy) is 3. The molecule has 2 N–H and O–H groups in total. The Balaban J connectivity index is 1.91. The lowest BCUT2D eigenvalue weighted by molar-refractivity contribution is -0.117. The molecule has 1 unspecified atom stereocenters. The van der Waals surface area contributed by atoms with E-state index in [1.54, 1.807) is 45.6 Å². The number of H-pyrrole nitrogens is 1. The highest BCUT2D eigenvalue weighted by molar-refractivity contribution is 5.96. The van der Waals surface area contributed by atoms with E-state index in [4.69, 9.17) is 14.2 Å². The molecular formula is C19H21N5O4. The molecule has 0 aliphatic rings. The topological polar surface area (TPSA) is 111 Å². The average Bonchev–Trinajstić information content (AvgIpc) is 3.26. The van der Waals surface area contributed by atoms with Crippen molar-refractivity contribution in [1.29, 1.82) is 0 Å². The van der Waals surface area contributed by atoms with Crippen LogP contribution in [0.4, 0.5) is 5.69 Å². The Hall–Kier alpha value is -3.62. The van der Waals surface area contributed by atoms with Gasteiger partial charge in [-0.15, -0.1) is 10.2 Å². The first-order valence-electron chi connectivity index (χ1n) is 8.54. The number of aromatic amines is 1. The average molecular weight is 383 g/mol. The van der Waals surface area contributed by atoms with E-state index in [0.717, 1.165) is 5.56 Å². The number of amides is 1. The van der Waals surface area contributed by atoms with Crippen LogP contribution in [0.15, 0.2) is 42.5 Å². The van der Waals surface area contributed by atoms with E-state index in [1.807, 2.05) is 18.2 Å². The number of rotatable bonds is 8. The van der Waals surface area contributed by atoms with E-state index in [9.17, 15) is 4.79 Å². The smallest absolute Gasteiger partial charge is 0.235 e. The molecule has 0 saturated heterocycles. The molecule has 0 fully saturated rings. The second kappa shape index (κ2) is 8.85. The second-order valence-electron chi connectivity index (χ2n) is 5.89. The van der Waals surface area contributed by atoms with Gasteiger partial charge < -0.3 is 19.5 Å². The van der Waals surface area contributed by atoms with Crippen molar-refractivity contribution in [3.8, 4) is 17.2 Å². The molecule has 0 bridgehead atoms. The Morgan fingerprint density at radius 2 is 1.86 bits per heavy atom. The molecule has 146 valence electrons. The number of hydrogen-bond donors (Lipinski definition) is 2. The molecule has 3 rings (SSSR count). The molecule has 2 aromatic carbocycles. The van der Waals surface area contributed by atoms with Crippen LogP contribution >= 0.6 is 0 Å². The van der Waals surface area contributed by atoms with Crippen LogP contribution in [0.3, 0.4) is 0 Å². The summed E-state index contributed by atoms with van der Waals surface area (Å²) < 4.78 is 16.0. The van der Waals surface area contributed by atoms with Crippen molar-refractivity contribution in [2.75, 3.05) is 26.6 Å². The summed E-state index contributed by atoms with van der Waals surface area (Å²) in [6, 6.07) is 12.6. The van der Waals surface area contributed by atoms with Gasteiger partial charge in [0.15, 0.2) is 5.82 Å². The largest absolute Gasteiger partial charge is 0.497 e. The third-order valence-corrected chi connectivity index (χ3v) is 4.27. The zero-order valence-corrected chi connectivity index (χ0v) is 15.8. The SMILES string of the molecule is COc1ccc(OC)c(CC(C(=O)Nc2ccccc2OC)c2nn[nH]n2)c1. The molecule has 28 heavy (non-hydrogen) atoms. The molecule has 0 aliphatic heterocycles. The zero-order valence-electron chi connectivity index (χ0n) is 15.8. The number of anilines is 1. The molecule has 1 aromatic heterocycles. The van der Waals surface area contributed by atoms with Crippen molar-refractivity contribution >= 4 is 11.6 Å². The highest BCUT2D eigenvalue weighted by atomic mass is 16.5. The molecule has 9 heteroatoms. The fraction of sp³-hybridized carbons (Fsp3) is 0.263. The number of aromatic nitrogens is 4. The van der Waals surface area contributed by atoms with Crippen LogP contribution in [0.2, 0.25) is 0 Å². The van der Waals surface area contributed by atoms with Gasteiger partial charge in [-0.1, -0.05) is 17.3 Å². The molecule has 1 heterocycles. The maximum atomic E-state index is 13.1. The van der Waals surface area contributed by atoms with E-state index in [0.29, 0.717) is 29.4 Å². The lowest BCUT2D eigenvalue weighted by Gasteiger charge is -2.17. The molecule has 3 aromatic rings. The van der Waals surface area contributed by atoms with Crippen LogP contribution in [0.1, 0.15) is 17.3 Å². The van der Waals surface area contributed by atoms with Crippen LogP contribution in [-0.4, -0.2) is 47.9 Å². The van der Waals surface area contributed by atoms with Gasteiger partial charge in [0, 0.05) is 0 Å². The van der Waals surface area contributed by atoms with Crippen LogP contribution in [0, 0.1) is 0 Å². The van der Waals surface area contributed by atoms with E-state index >= 15 is 0 Å². The number of hydrogen-bond acceptors (Lipinski definition) is 7. The fourth-order valence-electron chi connectivity index (χ4n) is 2.85. The van der Waals surface area contributed by atoms with Gasteiger partial charge in [-0.25, -0.2) is 0 Å². The highest BCUT2D eigenvalue weighted by Crippen LogP contribution is 2.30. The maximum Gasteiger partial charge on any atom is 0.235 e. The summed E-state index contributed by atoms with van der Waals surface area (Å²) in [5.74, 6) is 1.13. The van der Waals surface area contributed by atoms with Crippen LogP contribution in [-0.2, 0) is 11.2 Å². The van der Waals surface area contributed by atoms with Gasteiger partial charge >= 0.3 is 0 Å². The van der Waals surface area contributed by atoms with Gasteiger partial charge in [0.05, 0.1) is 27.0 Å². The Morgan fingerprint density at radius 1 is 1.07 bits per heavy atom. The predicted octanol–water partition coefficient (Wildman–Crippen LogP) is 2.19. The normalized spacial score (nSPS) is 11.5. The number of methoxy groups -OCH3 is 3. The number of nitrogens with one attached hydrogen (secondary N) is 2. The molecule has 0 aliphatic carbocycles. The minimum atomic E-state index is -0.704. The number of benzene rings is 2. The third-order valence-electron chi connectivity index (χ3n) is 4.27. The lowest BCUT2D eigenvalue weighted by atomic mass is 9.96. The lowest BCUT2D eigenvalue weighted by Crippen LogP contribution is -2.24. The Labute approximate surface area is 162 Å². The molecule has 0 saturated carbocycles. The molecule has 1 atom stereocenters. The van der Waals surface area contributed by atoms with E-state index in [-0.39, 0.29) is 11.7 Å². The van der Waals surface area contributed by atoms with E-state index in [1.165, 1.54) is 0 Å². The van der Waals surface area contributed by atoms with Gasteiger partial charge in [0.2, 0.25) is 5.91 Å². The molecule has 1 amide bonds. The van der Waals surface area contributed by atoms with E-state index in [2.05, 4.69) is 25.9 Å². The van der Waals surface area contributed by atoms with Crippen molar-refractivity contribution in [3.05, 3.63) is 53.9 Å². The minimum absolute atomic E-state index is 0.275. The van der Waals surface area contributed by atoms with Crippen molar-refractivity contribution in [2.24, 2.45) is 0 Å². The summed E-state index contributed by atoms with van der Waals surface area (Å²) in [4.78, 5) is 13.1. The van der Waals surface area contributed by atoms with Gasteiger partial charge in [-0.2, -0.15) is 5.21 Å². The first-order chi connectivity index (χ1) is 13.7. The van der Waals surface area contributed by atoms with Gasteiger partial charge in [0.1, 0.15) is 23.2 Å². The zero-order chi connectivity index (χ0) is 19.9. The summed E-state index contributed by atoms with van der Waals surface area (Å²) in [5.41, 5.74) is 1.34. The highest BCUT2D eigenvalue weighted by Gasteiger charge is 2.27. The van der Waals surface area contributed by atoms with Gasteiger partial charge in [-0.05, 0) is 42.3 Å².